The lowest BCUT2D eigenvalue weighted by atomic mass is 10.00. The van der Waals surface area contributed by atoms with Crippen molar-refractivity contribution in [3.05, 3.63) is 70.8 Å². The first kappa shape index (κ1) is 12.9. The fraction of sp³-hybridized carbons (Fsp3) is 0.333. The van der Waals surface area contributed by atoms with Gasteiger partial charge in [-0.1, -0.05) is 59.7 Å². The monoisotopic (exact) mass is 238 g/mol. The highest BCUT2D eigenvalue weighted by atomic mass is 14.0. The van der Waals surface area contributed by atoms with E-state index in [9.17, 15) is 0 Å². The van der Waals surface area contributed by atoms with E-state index in [0.29, 0.717) is 0 Å². The highest BCUT2D eigenvalue weighted by molar-refractivity contribution is 5.28. The number of allylic oxidation sites excluding steroid dienone is 6. The van der Waals surface area contributed by atoms with Gasteiger partial charge in [-0.05, 0) is 50.7 Å². The lowest BCUT2D eigenvalue weighted by Crippen LogP contribution is -1.89. The molecule has 1 aliphatic carbocycles. The van der Waals surface area contributed by atoms with E-state index >= 15 is 0 Å². The predicted molar refractivity (Wildman–Crippen MR) is 79.7 cm³/mol. The van der Waals surface area contributed by atoms with E-state index in [0.717, 1.165) is 25.7 Å². The molecule has 0 saturated carbocycles. The van der Waals surface area contributed by atoms with Crippen molar-refractivity contribution in [3.63, 3.8) is 0 Å². The van der Waals surface area contributed by atoms with Crippen LogP contribution in [0.25, 0.3) is 0 Å². The molecule has 0 amide bonds. The molecule has 0 spiro atoms. The minimum Gasteiger partial charge on any atom is -0.0841 e. The molecule has 0 aromatic heterocycles. The maximum Gasteiger partial charge on any atom is -0.00972 e. The van der Waals surface area contributed by atoms with Gasteiger partial charge in [-0.15, -0.1) is 0 Å². The van der Waals surface area contributed by atoms with Crippen LogP contribution < -0.4 is 0 Å². The Kier molecular flexibility index (Phi) is 4.58. The van der Waals surface area contributed by atoms with Crippen LogP contribution in [0.3, 0.4) is 0 Å². The SMILES string of the molecule is CC(C)=C1C/C=C\Cc2cccc(c2)C/C=C\C1. The van der Waals surface area contributed by atoms with Gasteiger partial charge in [0, 0.05) is 0 Å². The molecule has 2 bridgehead atoms. The molecule has 0 radical (unpaired) electrons. The Bertz CT molecular complexity index is 447. The van der Waals surface area contributed by atoms with Gasteiger partial charge in [0.2, 0.25) is 0 Å². The van der Waals surface area contributed by atoms with Gasteiger partial charge in [-0.25, -0.2) is 0 Å². The van der Waals surface area contributed by atoms with E-state index < -0.39 is 0 Å². The molecule has 0 heterocycles. The second-order valence-corrected chi connectivity index (χ2v) is 5.18. The fourth-order valence-electron chi connectivity index (χ4n) is 2.27. The second-order valence-electron chi connectivity index (χ2n) is 5.18. The summed E-state index contributed by atoms with van der Waals surface area (Å²) in [6.45, 7) is 4.43. The van der Waals surface area contributed by atoms with E-state index in [-0.39, 0.29) is 0 Å². The number of rotatable bonds is 0. The van der Waals surface area contributed by atoms with Gasteiger partial charge in [0.1, 0.15) is 0 Å². The predicted octanol–water partition coefficient (Wildman–Crippen LogP) is 5.01. The van der Waals surface area contributed by atoms with Gasteiger partial charge in [0.05, 0.1) is 0 Å². The number of hydrogen-bond donors (Lipinski definition) is 0. The summed E-state index contributed by atoms with van der Waals surface area (Å²) in [5, 5.41) is 0. The summed E-state index contributed by atoms with van der Waals surface area (Å²) in [4.78, 5) is 0. The lowest BCUT2D eigenvalue weighted by Gasteiger charge is -2.06. The Morgan fingerprint density at radius 1 is 0.778 bits per heavy atom. The van der Waals surface area contributed by atoms with Crippen LogP contribution in [0.1, 0.15) is 37.8 Å². The third-order valence-corrected chi connectivity index (χ3v) is 3.47. The summed E-state index contributed by atoms with van der Waals surface area (Å²) in [6, 6.07) is 8.91. The van der Waals surface area contributed by atoms with Crippen LogP contribution in [0.2, 0.25) is 0 Å². The van der Waals surface area contributed by atoms with Gasteiger partial charge in [-0.3, -0.25) is 0 Å². The topological polar surface area (TPSA) is 0 Å². The molecule has 2 rings (SSSR count). The first-order valence-corrected chi connectivity index (χ1v) is 6.79. The first-order valence-electron chi connectivity index (χ1n) is 6.79. The molecule has 0 saturated heterocycles. The molecule has 0 fully saturated rings. The van der Waals surface area contributed by atoms with E-state index in [1.165, 1.54) is 16.7 Å². The molecule has 0 heteroatoms. The number of benzene rings is 1. The summed E-state index contributed by atoms with van der Waals surface area (Å²) in [5.74, 6) is 0. The highest BCUT2D eigenvalue weighted by Gasteiger charge is 1.98. The van der Waals surface area contributed by atoms with E-state index in [1.807, 2.05) is 0 Å². The van der Waals surface area contributed by atoms with Crippen molar-refractivity contribution in [3.8, 4) is 0 Å². The third-order valence-electron chi connectivity index (χ3n) is 3.47. The molecule has 0 N–H and O–H groups in total. The Morgan fingerprint density at radius 2 is 1.28 bits per heavy atom. The number of fused-ring (bicyclic) bond motifs is 2. The van der Waals surface area contributed by atoms with Crippen molar-refractivity contribution in [2.75, 3.05) is 0 Å². The average molecular weight is 238 g/mol. The van der Waals surface area contributed by atoms with Crippen molar-refractivity contribution in [1.29, 1.82) is 0 Å². The quantitative estimate of drug-likeness (QED) is 0.557. The normalized spacial score (nSPS) is 19.6. The average Bonchev–Trinajstić information content (AvgIpc) is 2.35. The van der Waals surface area contributed by atoms with Crippen molar-refractivity contribution in [2.24, 2.45) is 0 Å². The Morgan fingerprint density at radius 3 is 1.78 bits per heavy atom. The van der Waals surface area contributed by atoms with Crippen LogP contribution in [0.15, 0.2) is 59.7 Å². The van der Waals surface area contributed by atoms with E-state index in [2.05, 4.69) is 62.4 Å². The standard InChI is InChI=1S/C18H22/c1-15(2)18-12-5-3-8-16-10-7-11-17(14-16)9-4-6-13-18/h3-7,10-11,14H,8-9,12-13H2,1-2H3/b5-3-,6-4-. The summed E-state index contributed by atoms with van der Waals surface area (Å²) < 4.78 is 0. The molecule has 1 aliphatic rings. The molecule has 18 heavy (non-hydrogen) atoms. The van der Waals surface area contributed by atoms with Crippen molar-refractivity contribution in [2.45, 2.75) is 39.5 Å². The van der Waals surface area contributed by atoms with Crippen LogP contribution in [-0.2, 0) is 12.8 Å². The van der Waals surface area contributed by atoms with Gasteiger partial charge >= 0.3 is 0 Å². The maximum atomic E-state index is 2.32. The number of hydrogen-bond acceptors (Lipinski definition) is 0. The molecule has 0 unspecified atom stereocenters. The zero-order chi connectivity index (χ0) is 12.8. The molecular weight excluding hydrogens is 216 g/mol. The first-order chi connectivity index (χ1) is 8.75. The summed E-state index contributed by atoms with van der Waals surface area (Å²) in [6.07, 6.45) is 13.5. The van der Waals surface area contributed by atoms with Crippen molar-refractivity contribution >= 4 is 0 Å². The Labute approximate surface area is 111 Å². The smallest absolute Gasteiger partial charge is 0.00972 e. The fourth-order valence-corrected chi connectivity index (χ4v) is 2.27. The molecule has 0 aliphatic heterocycles. The molecule has 94 valence electrons. The highest BCUT2D eigenvalue weighted by Crippen LogP contribution is 2.16. The summed E-state index contributed by atoms with van der Waals surface area (Å²) in [7, 11) is 0. The van der Waals surface area contributed by atoms with Crippen LogP contribution in [0.4, 0.5) is 0 Å². The molecule has 0 nitrogen and oxygen atoms in total. The maximum absolute atomic E-state index is 2.32. The van der Waals surface area contributed by atoms with Gasteiger partial charge in [0.25, 0.3) is 0 Å². The Hall–Kier alpha value is -1.56. The molecule has 0 atom stereocenters. The van der Waals surface area contributed by atoms with E-state index in [1.54, 1.807) is 5.57 Å². The molecule has 1 aromatic rings. The lowest BCUT2D eigenvalue weighted by molar-refractivity contribution is 1.04. The van der Waals surface area contributed by atoms with Gasteiger partial charge in [-0.2, -0.15) is 0 Å². The summed E-state index contributed by atoms with van der Waals surface area (Å²) >= 11 is 0. The third kappa shape index (κ3) is 3.73. The minimum atomic E-state index is 1.05. The minimum absolute atomic E-state index is 1.05. The van der Waals surface area contributed by atoms with Crippen LogP contribution in [-0.4, -0.2) is 0 Å². The zero-order valence-electron chi connectivity index (χ0n) is 11.4. The van der Waals surface area contributed by atoms with Crippen molar-refractivity contribution < 1.29 is 0 Å². The van der Waals surface area contributed by atoms with Crippen LogP contribution in [0, 0.1) is 0 Å². The van der Waals surface area contributed by atoms with Crippen LogP contribution in [0.5, 0.6) is 0 Å². The Balaban J connectivity index is 2.22. The zero-order valence-corrected chi connectivity index (χ0v) is 11.4. The second kappa shape index (κ2) is 6.39. The van der Waals surface area contributed by atoms with Crippen molar-refractivity contribution in [1.82, 2.24) is 0 Å². The largest absolute Gasteiger partial charge is 0.0841 e. The van der Waals surface area contributed by atoms with Gasteiger partial charge < -0.3 is 0 Å². The van der Waals surface area contributed by atoms with Crippen LogP contribution >= 0.6 is 0 Å². The molecule has 1 aromatic carbocycles. The molecular formula is C18H22. The van der Waals surface area contributed by atoms with Gasteiger partial charge in [0.15, 0.2) is 0 Å². The summed E-state index contributed by atoms with van der Waals surface area (Å²) in [5.41, 5.74) is 5.83. The van der Waals surface area contributed by atoms with E-state index in [4.69, 9.17) is 0 Å².